The van der Waals surface area contributed by atoms with Gasteiger partial charge in [0, 0.05) is 13.0 Å². The molecule has 1 rings (SSSR count). The summed E-state index contributed by atoms with van der Waals surface area (Å²) in [4.78, 5) is 15.6. The van der Waals surface area contributed by atoms with Crippen LogP contribution in [0.4, 0.5) is 10.6 Å². The molecule has 0 saturated heterocycles. The topological polar surface area (TPSA) is 80.7 Å². The summed E-state index contributed by atoms with van der Waals surface area (Å²) in [5.74, 6) is 0.355. The van der Waals surface area contributed by atoms with Crippen molar-refractivity contribution in [3.05, 3.63) is 23.9 Å². The lowest BCUT2D eigenvalue weighted by molar-refractivity contribution is 0.0776. The van der Waals surface area contributed by atoms with Crippen LogP contribution in [0.3, 0.4) is 0 Å². The van der Waals surface area contributed by atoms with Gasteiger partial charge in [-0.2, -0.15) is 0 Å². The first-order valence-corrected chi connectivity index (χ1v) is 6.28. The average molecular weight is 268 g/mol. The molecule has 1 aromatic heterocycles. The SMILES string of the molecule is CCOCCC(C)OC(=O)Nc1cccc(CO)n1. The molecule has 1 aromatic rings. The first-order valence-electron chi connectivity index (χ1n) is 6.28. The van der Waals surface area contributed by atoms with E-state index < -0.39 is 6.09 Å². The van der Waals surface area contributed by atoms with E-state index in [1.165, 1.54) is 0 Å². The second kappa shape index (κ2) is 8.44. The van der Waals surface area contributed by atoms with Crippen molar-refractivity contribution >= 4 is 11.9 Å². The van der Waals surface area contributed by atoms with Gasteiger partial charge in [0.2, 0.25) is 0 Å². The number of amides is 1. The Hall–Kier alpha value is -1.66. The molecule has 6 nitrogen and oxygen atoms in total. The van der Waals surface area contributed by atoms with Crippen molar-refractivity contribution < 1.29 is 19.4 Å². The van der Waals surface area contributed by atoms with Crippen LogP contribution in [0.1, 0.15) is 26.0 Å². The van der Waals surface area contributed by atoms with Crippen LogP contribution in [0.2, 0.25) is 0 Å². The van der Waals surface area contributed by atoms with Crippen molar-refractivity contribution in [3.63, 3.8) is 0 Å². The maximum Gasteiger partial charge on any atom is 0.413 e. The lowest BCUT2D eigenvalue weighted by Crippen LogP contribution is -2.22. The Morgan fingerprint density at radius 2 is 2.32 bits per heavy atom. The van der Waals surface area contributed by atoms with E-state index in [4.69, 9.17) is 14.6 Å². The lowest BCUT2D eigenvalue weighted by atomic mass is 10.3. The standard InChI is InChI=1S/C13H20N2O4/c1-3-18-8-7-10(2)19-13(17)15-12-6-4-5-11(9-16)14-12/h4-6,10,16H,3,7-9H2,1-2H3,(H,14,15,17). The molecule has 0 aliphatic carbocycles. The number of ether oxygens (including phenoxy) is 2. The summed E-state index contributed by atoms with van der Waals surface area (Å²) in [5, 5.41) is 11.5. The first kappa shape index (κ1) is 15.4. The van der Waals surface area contributed by atoms with Crippen LogP contribution in [-0.2, 0) is 16.1 Å². The molecule has 106 valence electrons. The molecule has 0 fully saturated rings. The summed E-state index contributed by atoms with van der Waals surface area (Å²) >= 11 is 0. The van der Waals surface area contributed by atoms with E-state index in [1.807, 2.05) is 6.92 Å². The minimum Gasteiger partial charge on any atom is -0.446 e. The van der Waals surface area contributed by atoms with E-state index in [0.717, 1.165) is 0 Å². The molecule has 0 aromatic carbocycles. The van der Waals surface area contributed by atoms with Crippen molar-refractivity contribution in [1.82, 2.24) is 4.98 Å². The van der Waals surface area contributed by atoms with E-state index in [-0.39, 0.29) is 12.7 Å². The quantitative estimate of drug-likeness (QED) is 0.739. The molecule has 1 heterocycles. The van der Waals surface area contributed by atoms with Gasteiger partial charge in [-0.3, -0.25) is 5.32 Å². The zero-order valence-corrected chi connectivity index (χ0v) is 11.3. The Bertz CT molecular complexity index is 398. The Labute approximate surface area is 112 Å². The van der Waals surface area contributed by atoms with Gasteiger partial charge < -0.3 is 14.6 Å². The van der Waals surface area contributed by atoms with Crippen LogP contribution in [0.25, 0.3) is 0 Å². The molecule has 6 heteroatoms. The Morgan fingerprint density at radius 3 is 3.00 bits per heavy atom. The molecule has 0 bridgehead atoms. The number of carbonyl (C=O) groups excluding carboxylic acids is 1. The molecule has 0 aliphatic rings. The van der Waals surface area contributed by atoms with Gasteiger partial charge >= 0.3 is 6.09 Å². The van der Waals surface area contributed by atoms with Crippen molar-refractivity contribution in [2.75, 3.05) is 18.5 Å². The number of nitrogens with zero attached hydrogens (tertiary/aromatic N) is 1. The van der Waals surface area contributed by atoms with E-state index in [0.29, 0.717) is 31.1 Å². The molecule has 1 amide bonds. The van der Waals surface area contributed by atoms with Crippen LogP contribution >= 0.6 is 0 Å². The number of aliphatic hydroxyl groups excluding tert-OH is 1. The van der Waals surface area contributed by atoms with Crippen LogP contribution in [-0.4, -0.2) is 35.5 Å². The van der Waals surface area contributed by atoms with Gasteiger partial charge in [0.1, 0.15) is 11.9 Å². The van der Waals surface area contributed by atoms with E-state index in [9.17, 15) is 4.79 Å². The summed E-state index contributed by atoms with van der Waals surface area (Å²) in [7, 11) is 0. The normalized spacial score (nSPS) is 11.9. The summed E-state index contributed by atoms with van der Waals surface area (Å²) in [6.45, 7) is 4.75. The molecule has 1 atom stereocenters. The number of rotatable bonds is 7. The van der Waals surface area contributed by atoms with Crippen molar-refractivity contribution in [2.24, 2.45) is 0 Å². The number of pyridine rings is 1. The summed E-state index contributed by atoms with van der Waals surface area (Å²) in [6.07, 6.45) is -0.148. The number of aromatic nitrogens is 1. The van der Waals surface area contributed by atoms with Gasteiger partial charge in [-0.25, -0.2) is 9.78 Å². The van der Waals surface area contributed by atoms with Gasteiger partial charge in [-0.15, -0.1) is 0 Å². The fourth-order valence-corrected chi connectivity index (χ4v) is 1.41. The van der Waals surface area contributed by atoms with Gasteiger partial charge in [-0.1, -0.05) is 6.07 Å². The van der Waals surface area contributed by atoms with Gasteiger partial charge in [0.25, 0.3) is 0 Å². The van der Waals surface area contributed by atoms with Crippen LogP contribution in [0, 0.1) is 0 Å². The largest absolute Gasteiger partial charge is 0.446 e. The molecule has 0 saturated carbocycles. The second-order valence-corrected chi connectivity index (χ2v) is 4.00. The zero-order chi connectivity index (χ0) is 14.1. The van der Waals surface area contributed by atoms with Gasteiger partial charge in [-0.05, 0) is 26.0 Å². The van der Waals surface area contributed by atoms with Crippen LogP contribution in [0.5, 0.6) is 0 Å². The van der Waals surface area contributed by atoms with Crippen molar-refractivity contribution in [2.45, 2.75) is 33.0 Å². The molecule has 0 aliphatic heterocycles. The molecule has 2 N–H and O–H groups in total. The molecule has 1 unspecified atom stereocenters. The molecular formula is C13H20N2O4. The maximum absolute atomic E-state index is 11.6. The number of nitrogens with one attached hydrogen (secondary N) is 1. The van der Waals surface area contributed by atoms with Gasteiger partial charge in [0.15, 0.2) is 0 Å². The molecule has 0 spiro atoms. The number of carbonyl (C=O) groups is 1. The Kier molecular flexibility index (Phi) is 6.84. The minimum absolute atomic E-state index is 0.171. The number of hydrogen-bond acceptors (Lipinski definition) is 5. The second-order valence-electron chi connectivity index (χ2n) is 4.00. The smallest absolute Gasteiger partial charge is 0.413 e. The third kappa shape index (κ3) is 6.17. The minimum atomic E-state index is -0.563. The zero-order valence-electron chi connectivity index (χ0n) is 11.3. The monoisotopic (exact) mass is 268 g/mol. The summed E-state index contributed by atoms with van der Waals surface area (Å²) in [5.41, 5.74) is 0.488. The van der Waals surface area contributed by atoms with E-state index in [2.05, 4.69) is 10.3 Å². The Morgan fingerprint density at radius 1 is 1.53 bits per heavy atom. The average Bonchev–Trinajstić information content (AvgIpc) is 2.39. The molecular weight excluding hydrogens is 248 g/mol. The molecule has 19 heavy (non-hydrogen) atoms. The van der Waals surface area contributed by atoms with Gasteiger partial charge in [0.05, 0.1) is 18.9 Å². The number of aliphatic hydroxyl groups is 1. The predicted molar refractivity (Wildman–Crippen MR) is 70.8 cm³/mol. The Balaban J connectivity index is 2.37. The van der Waals surface area contributed by atoms with Crippen molar-refractivity contribution in [1.29, 1.82) is 0 Å². The fourth-order valence-electron chi connectivity index (χ4n) is 1.41. The first-order chi connectivity index (χ1) is 9.15. The predicted octanol–water partition coefficient (Wildman–Crippen LogP) is 1.94. The summed E-state index contributed by atoms with van der Waals surface area (Å²) in [6, 6.07) is 5.00. The highest BCUT2D eigenvalue weighted by molar-refractivity contribution is 5.83. The highest BCUT2D eigenvalue weighted by atomic mass is 16.6. The van der Waals surface area contributed by atoms with Crippen LogP contribution < -0.4 is 5.32 Å². The highest BCUT2D eigenvalue weighted by Gasteiger charge is 2.10. The highest BCUT2D eigenvalue weighted by Crippen LogP contribution is 2.07. The molecule has 0 radical (unpaired) electrons. The lowest BCUT2D eigenvalue weighted by Gasteiger charge is -2.13. The van der Waals surface area contributed by atoms with E-state index >= 15 is 0 Å². The summed E-state index contributed by atoms with van der Waals surface area (Å²) < 4.78 is 10.3. The van der Waals surface area contributed by atoms with E-state index in [1.54, 1.807) is 25.1 Å². The third-order valence-electron chi connectivity index (χ3n) is 2.38. The number of anilines is 1. The fraction of sp³-hybridized carbons (Fsp3) is 0.538. The maximum atomic E-state index is 11.6. The number of hydrogen-bond donors (Lipinski definition) is 2. The van der Waals surface area contributed by atoms with Crippen LogP contribution in [0.15, 0.2) is 18.2 Å². The third-order valence-corrected chi connectivity index (χ3v) is 2.38. The van der Waals surface area contributed by atoms with Crippen molar-refractivity contribution in [3.8, 4) is 0 Å².